The van der Waals surface area contributed by atoms with E-state index >= 15 is 0 Å². The fourth-order valence-electron chi connectivity index (χ4n) is 2.02. The van der Waals surface area contributed by atoms with Crippen LogP contribution in [-0.2, 0) is 4.79 Å². The molecule has 0 saturated heterocycles. The van der Waals surface area contributed by atoms with Crippen LogP contribution in [-0.4, -0.2) is 27.6 Å². The minimum absolute atomic E-state index is 0.00194. The lowest BCUT2D eigenvalue weighted by atomic mass is 10.1. The summed E-state index contributed by atoms with van der Waals surface area (Å²) in [5.74, 6) is -0.935. The van der Waals surface area contributed by atoms with Crippen molar-refractivity contribution in [2.24, 2.45) is 0 Å². The Labute approximate surface area is 145 Å². The van der Waals surface area contributed by atoms with E-state index in [1.54, 1.807) is 30.3 Å². The van der Waals surface area contributed by atoms with Gasteiger partial charge >= 0.3 is 5.97 Å². The molecule has 0 aliphatic carbocycles. The maximum Gasteiger partial charge on any atom is 0.347 e. The van der Waals surface area contributed by atoms with E-state index in [0.29, 0.717) is 11.3 Å². The Morgan fingerprint density at radius 2 is 1.76 bits per heavy atom. The van der Waals surface area contributed by atoms with E-state index in [1.807, 2.05) is 0 Å². The summed E-state index contributed by atoms with van der Waals surface area (Å²) in [5, 5.41) is 18.4. The van der Waals surface area contributed by atoms with E-state index in [-0.39, 0.29) is 17.2 Å². The number of aliphatic carboxylic acids is 1. The maximum atomic E-state index is 12.1. The Bertz CT molecular complexity index is 822. The van der Waals surface area contributed by atoms with Gasteiger partial charge in [0, 0.05) is 17.3 Å². The van der Waals surface area contributed by atoms with Gasteiger partial charge in [-0.2, -0.15) is 0 Å². The minimum atomic E-state index is -1.33. The number of benzene rings is 2. The number of nitrogens with two attached hydrogens (primary N) is 1. The number of rotatable bonds is 6. The first kappa shape index (κ1) is 18.1. The van der Waals surface area contributed by atoms with Crippen molar-refractivity contribution >= 4 is 23.5 Å². The SMILES string of the molecule is CC(C)(Oc1ccc(/C=C/C(=O)c2ccc(O)cc2N)cc1)C(=O)O. The standard InChI is InChI=1S/C19H19NO5/c1-19(2,18(23)24)25-14-7-3-12(4-8-14)5-10-17(22)15-9-6-13(21)11-16(15)20/h3-11,21H,20H2,1-2H3,(H,23,24)/b10-5+. The van der Waals surface area contributed by atoms with Gasteiger partial charge in [-0.05, 0) is 49.8 Å². The zero-order valence-corrected chi connectivity index (χ0v) is 13.9. The molecule has 4 N–H and O–H groups in total. The van der Waals surface area contributed by atoms with Gasteiger partial charge in [0.25, 0.3) is 0 Å². The number of allylic oxidation sites excluding steroid dienone is 1. The normalized spacial score (nSPS) is 11.4. The van der Waals surface area contributed by atoms with Crippen LogP contribution in [0.3, 0.4) is 0 Å². The van der Waals surface area contributed by atoms with Crippen molar-refractivity contribution in [3.05, 3.63) is 59.7 Å². The first-order valence-corrected chi connectivity index (χ1v) is 7.52. The van der Waals surface area contributed by atoms with Crippen molar-refractivity contribution < 1.29 is 24.5 Å². The van der Waals surface area contributed by atoms with Crippen LogP contribution >= 0.6 is 0 Å². The summed E-state index contributed by atoms with van der Waals surface area (Å²) < 4.78 is 5.41. The highest BCUT2D eigenvalue weighted by atomic mass is 16.5. The van der Waals surface area contributed by atoms with Crippen LogP contribution in [0.1, 0.15) is 29.8 Å². The van der Waals surface area contributed by atoms with Crippen molar-refractivity contribution in [3.63, 3.8) is 0 Å². The number of hydrogen-bond donors (Lipinski definition) is 3. The molecule has 2 aromatic rings. The van der Waals surface area contributed by atoms with Crippen LogP contribution in [0.4, 0.5) is 5.69 Å². The van der Waals surface area contributed by atoms with E-state index in [9.17, 15) is 14.7 Å². The molecule has 0 fully saturated rings. The molecule has 25 heavy (non-hydrogen) atoms. The monoisotopic (exact) mass is 341 g/mol. The third-order valence-electron chi connectivity index (χ3n) is 3.50. The first-order chi connectivity index (χ1) is 11.7. The van der Waals surface area contributed by atoms with Gasteiger partial charge in [0.15, 0.2) is 11.4 Å². The van der Waals surface area contributed by atoms with Crippen LogP contribution in [0.2, 0.25) is 0 Å². The van der Waals surface area contributed by atoms with Gasteiger partial charge in [0.2, 0.25) is 0 Å². The van der Waals surface area contributed by atoms with Crippen LogP contribution in [0.5, 0.6) is 11.5 Å². The number of carbonyl (C=O) groups excluding carboxylic acids is 1. The smallest absolute Gasteiger partial charge is 0.347 e. The molecular weight excluding hydrogens is 322 g/mol. The zero-order chi connectivity index (χ0) is 18.6. The van der Waals surface area contributed by atoms with Gasteiger partial charge in [-0.25, -0.2) is 4.79 Å². The second-order valence-electron chi connectivity index (χ2n) is 5.96. The minimum Gasteiger partial charge on any atom is -0.508 e. The largest absolute Gasteiger partial charge is 0.508 e. The van der Waals surface area contributed by atoms with Crippen molar-refractivity contribution in [2.75, 3.05) is 5.73 Å². The van der Waals surface area contributed by atoms with Gasteiger partial charge < -0.3 is 20.7 Å². The number of phenolic OH excluding ortho intramolecular Hbond substituents is 1. The van der Waals surface area contributed by atoms with Gasteiger partial charge in [-0.3, -0.25) is 4.79 Å². The highest BCUT2D eigenvalue weighted by Crippen LogP contribution is 2.21. The molecule has 130 valence electrons. The molecule has 0 atom stereocenters. The zero-order valence-electron chi connectivity index (χ0n) is 13.9. The molecule has 0 saturated carbocycles. The number of carboxylic acids is 1. The fraction of sp³-hybridized carbons (Fsp3) is 0.158. The van der Waals surface area contributed by atoms with Crippen LogP contribution < -0.4 is 10.5 Å². The molecule has 6 nitrogen and oxygen atoms in total. The first-order valence-electron chi connectivity index (χ1n) is 7.52. The summed E-state index contributed by atoms with van der Waals surface area (Å²) in [6.07, 6.45) is 2.99. The second kappa shape index (κ2) is 7.09. The Balaban J connectivity index is 2.09. The molecule has 0 heterocycles. The molecule has 2 aromatic carbocycles. The van der Waals surface area contributed by atoms with E-state index in [0.717, 1.165) is 5.56 Å². The number of anilines is 1. The number of carbonyl (C=O) groups is 2. The molecular formula is C19H19NO5. The van der Waals surface area contributed by atoms with E-state index < -0.39 is 11.6 Å². The molecule has 0 unspecified atom stereocenters. The molecule has 0 aliphatic heterocycles. The Morgan fingerprint density at radius 3 is 2.32 bits per heavy atom. The van der Waals surface area contributed by atoms with Crippen LogP contribution in [0.15, 0.2) is 48.5 Å². The number of ether oxygens (including phenoxy) is 1. The van der Waals surface area contributed by atoms with Gasteiger partial charge in [0.1, 0.15) is 11.5 Å². The average molecular weight is 341 g/mol. The maximum absolute atomic E-state index is 12.1. The second-order valence-corrected chi connectivity index (χ2v) is 5.96. The molecule has 2 rings (SSSR count). The number of carboxylic acid groups (broad SMARTS) is 1. The lowest BCUT2D eigenvalue weighted by Crippen LogP contribution is -2.37. The van der Waals surface area contributed by atoms with Crippen molar-refractivity contribution in [1.29, 1.82) is 0 Å². The molecule has 0 spiro atoms. The van der Waals surface area contributed by atoms with Crippen molar-refractivity contribution in [1.82, 2.24) is 0 Å². The molecule has 6 heteroatoms. The topological polar surface area (TPSA) is 110 Å². The third-order valence-corrected chi connectivity index (χ3v) is 3.50. The number of hydrogen-bond acceptors (Lipinski definition) is 5. The van der Waals surface area contributed by atoms with Crippen molar-refractivity contribution in [3.8, 4) is 11.5 Å². The molecule has 0 radical (unpaired) electrons. The third kappa shape index (κ3) is 4.60. The summed E-state index contributed by atoms with van der Waals surface area (Å²) in [6, 6.07) is 10.8. The lowest BCUT2D eigenvalue weighted by Gasteiger charge is -2.21. The number of nitrogen functional groups attached to an aromatic ring is 1. The summed E-state index contributed by atoms with van der Waals surface area (Å²) >= 11 is 0. The molecule has 0 amide bonds. The molecule has 0 bridgehead atoms. The molecule has 0 aromatic heterocycles. The van der Waals surface area contributed by atoms with Gasteiger partial charge in [-0.15, -0.1) is 0 Å². The van der Waals surface area contributed by atoms with E-state index in [1.165, 1.54) is 38.1 Å². The highest BCUT2D eigenvalue weighted by molar-refractivity contribution is 6.10. The van der Waals surface area contributed by atoms with Gasteiger partial charge in [0.05, 0.1) is 0 Å². The lowest BCUT2D eigenvalue weighted by molar-refractivity contribution is -0.152. The highest BCUT2D eigenvalue weighted by Gasteiger charge is 2.29. The summed E-state index contributed by atoms with van der Waals surface area (Å²) in [7, 11) is 0. The summed E-state index contributed by atoms with van der Waals surface area (Å²) in [4.78, 5) is 23.2. The predicted octanol–water partition coefficient (Wildman–Crippen LogP) is 3.11. The van der Waals surface area contributed by atoms with Crippen molar-refractivity contribution in [2.45, 2.75) is 19.4 Å². The number of phenols is 1. The average Bonchev–Trinajstić information content (AvgIpc) is 2.53. The Hall–Kier alpha value is -3.28. The van der Waals surface area contributed by atoms with E-state index in [2.05, 4.69) is 0 Å². The fourth-order valence-corrected chi connectivity index (χ4v) is 2.02. The predicted molar refractivity (Wildman–Crippen MR) is 94.7 cm³/mol. The molecule has 0 aliphatic rings. The van der Waals surface area contributed by atoms with Crippen LogP contribution in [0.25, 0.3) is 6.08 Å². The van der Waals surface area contributed by atoms with E-state index in [4.69, 9.17) is 15.6 Å². The van der Waals surface area contributed by atoms with Crippen LogP contribution in [0, 0.1) is 0 Å². The summed E-state index contributed by atoms with van der Waals surface area (Å²) in [6.45, 7) is 2.92. The number of aromatic hydroxyl groups is 1. The Morgan fingerprint density at radius 1 is 1.12 bits per heavy atom. The Kier molecular flexibility index (Phi) is 5.12. The summed E-state index contributed by atoms with van der Waals surface area (Å²) in [5.41, 5.74) is 5.63. The van der Waals surface area contributed by atoms with Gasteiger partial charge in [-0.1, -0.05) is 18.2 Å². The number of ketones is 1. The quantitative estimate of drug-likeness (QED) is 0.423.